The molecule has 0 aliphatic carbocycles. The van der Waals surface area contributed by atoms with E-state index in [0.29, 0.717) is 5.69 Å². The summed E-state index contributed by atoms with van der Waals surface area (Å²) in [6.45, 7) is 6.24. The molecule has 0 atom stereocenters. The van der Waals surface area contributed by atoms with Gasteiger partial charge in [0.2, 0.25) is 0 Å². The number of ether oxygens (including phenoxy) is 1. The average molecular weight is 335 g/mol. The predicted molar refractivity (Wildman–Crippen MR) is 97.9 cm³/mol. The minimum Gasteiger partial charge on any atom is -0.471 e. The van der Waals surface area contributed by atoms with Crippen LogP contribution in [0.1, 0.15) is 27.2 Å². The standard InChI is InChI=1S/C20H21N3O2/c1-14-8-6-9-17(16(14)3)21-20(24)18-11-12-23(22-18)13-25-19-10-5-4-7-15(19)2/h4-12H,13H2,1-3H3,(H,21,24). The van der Waals surface area contributed by atoms with Crippen molar-refractivity contribution in [3.05, 3.63) is 77.1 Å². The van der Waals surface area contributed by atoms with Gasteiger partial charge in [-0.1, -0.05) is 30.3 Å². The van der Waals surface area contributed by atoms with Gasteiger partial charge in [-0.05, 0) is 55.7 Å². The van der Waals surface area contributed by atoms with Crippen LogP contribution in [-0.2, 0) is 6.73 Å². The Hall–Kier alpha value is -3.08. The molecule has 0 saturated heterocycles. The Morgan fingerprint density at radius 3 is 2.60 bits per heavy atom. The molecule has 0 radical (unpaired) electrons. The zero-order valence-corrected chi connectivity index (χ0v) is 14.6. The first-order valence-corrected chi connectivity index (χ1v) is 8.14. The molecule has 25 heavy (non-hydrogen) atoms. The lowest BCUT2D eigenvalue weighted by molar-refractivity contribution is 0.102. The fourth-order valence-electron chi connectivity index (χ4n) is 2.48. The van der Waals surface area contributed by atoms with Crippen molar-refractivity contribution in [2.75, 3.05) is 5.32 Å². The Bertz CT molecular complexity index is 899. The van der Waals surface area contributed by atoms with E-state index < -0.39 is 0 Å². The number of hydrogen-bond donors (Lipinski definition) is 1. The lowest BCUT2D eigenvalue weighted by Crippen LogP contribution is -2.15. The number of benzene rings is 2. The van der Waals surface area contributed by atoms with Crippen molar-refractivity contribution in [3.8, 4) is 5.75 Å². The molecule has 2 aromatic carbocycles. The SMILES string of the molecule is Cc1ccccc1OCn1ccc(C(=O)Nc2cccc(C)c2C)n1. The summed E-state index contributed by atoms with van der Waals surface area (Å²) in [5, 5.41) is 7.19. The van der Waals surface area contributed by atoms with E-state index in [1.807, 2.05) is 63.2 Å². The number of aromatic nitrogens is 2. The third-order valence-electron chi connectivity index (χ3n) is 4.17. The molecule has 5 nitrogen and oxygen atoms in total. The van der Waals surface area contributed by atoms with Gasteiger partial charge in [0, 0.05) is 11.9 Å². The molecule has 0 fully saturated rings. The topological polar surface area (TPSA) is 56.1 Å². The molecule has 128 valence electrons. The monoisotopic (exact) mass is 335 g/mol. The largest absolute Gasteiger partial charge is 0.471 e. The second-order valence-electron chi connectivity index (χ2n) is 5.98. The van der Waals surface area contributed by atoms with Crippen LogP contribution in [0.2, 0.25) is 0 Å². The Morgan fingerprint density at radius 2 is 1.80 bits per heavy atom. The van der Waals surface area contributed by atoms with Crippen molar-refractivity contribution in [3.63, 3.8) is 0 Å². The van der Waals surface area contributed by atoms with Crippen LogP contribution in [0.15, 0.2) is 54.7 Å². The van der Waals surface area contributed by atoms with E-state index in [0.717, 1.165) is 28.1 Å². The number of carbonyl (C=O) groups excluding carboxylic acids is 1. The summed E-state index contributed by atoms with van der Waals surface area (Å²) in [6, 6.07) is 15.3. The third kappa shape index (κ3) is 3.88. The van der Waals surface area contributed by atoms with E-state index >= 15 is 0 Å². The van der Waals surface area contributed by atoms with Gasteiger partial charge in [0.15, 0.2) is 12.4 Å². The predicted octanol–water partition coefficient (Wildman–Crippen LogP) is 4.10. The van der Waals surface area contributed by atoms with Crippen LogP contribution < -0.4 is 10.1 Å². The molecular weight excluding hydrogens is 314 g/mol. The minimum atomic E-state index is -0.233. The first kappa shape index (κ1) is 16.8. The maximum absolute atomic E-state index is 12.4. The highest BCUT2D eigenvalue weighted by Gasteiger charge is 2.12. The number of aryl methyl sites for hydroxylation is 2. The van der Waals surface area contributed by atoms with Crippen LogP contribution in [0.3, 0.4) is 0 Å². The fraction of sp³-hybridized carbons (Fsp3) is 0.200. The molecule has 3 aromatic rings. The normalized spacial score (nSPS) is 10.5. The van der Waals surface area contributed by atoms with Gasteiger partial charge in [-0.2, -0.15) is 5.10 Å². The second kappa shape index (κ2) is 7.21. The van der Waals surface area contributed by atoms with Crippen LogP contribution in [0, 0.1) is 20.8 Å². The first-order valence-electron chi connectivity index (χ1n) is 8.14. The lowest BCUT2D eigenvalue weighted by Gasteiger charge is -2.09. The van der Waals surface area contributed by atoms with Gasteiger partial charge >= 0.3 is 0 Å². The van der Waals surface area contributed by atoms with Crippen molar-refractivity contribution in [1.82, 2.24) is 9.78 Å². The Balaban J connectivity index is 1.65. The van der Waals surface area contributed by atoms with E-state index in [4.69, 9.17) is 4.74 Å². The van der Waals surface area contributed by atoms with Crippen LogP contribution in [-0.4, -0.2) is 15.7 Å². The van der Waals surface area contributed by atoms with Crippen molar-refractivity contribution in [2.24, 2.45) is 0 Å². The van der Waals surface area contributed by atoms with E-state index in [1.165, 1.54) is 0 Å². The quantitative estimate of drug-likeness (QED) is 0.764. The van der Waals surface area contributed by atoms with Crippen molar-refractivity contribution >= 4 is 11.6 Å². The highest BCUT2D eigenvalue weighted by atomic mass is 16.5. The average Bonchev–Trinajstić information content (AvgIpc) is 3.07. The Labute approximate surface area is 147 Å². The highest BCUT2D eigenvalue weighted by molar-refractivity contribution is 6.03. The molecule has 0 saturated carbocycles. The number of nitrogens with one attached hydrogen (secondary N) is 1. The number of para-hydroxylation sites is 1. The number of nitrogens with zero attached hydrogens (tertiary/aromatic N) is 2. The molecule has 1 N–H and O–H groups in total. The number of rotatable bonds is 5. The Kier molecular flexibility index (Phi) is 4.84. The van der Waals surface area contributed by atoms with Gasteiger partial charge < -0.3 is 10.1 Å². The second-order valence-corrected chi connectivity index (χ2v) is 5.98. The maximum atomic E-state index is 12.4. The van der Waals surface area contributed by atoms with E-state index in [1.54, 1.807) is 16.9 Å². The van der Waals surface area contributed by atoms with Crippen molar-refractivity contribution in [1.29, 1.82) is 0 Å². The molecule has 1 amide bonds. The van der Waals surface area contributed by atoms with Gasteiger partial charge in [-0.3, -0.25) is 4.79 Å². The molecule has 0 aliphatic heterocycles. The highest BCUT2D eigenvalue weighted by Crippen LogP contribution is 2.19. The molecule has 0 unspecified atom stereocenters. The zero-order valence-electron chi connectivity index (χ0n) is 14.6. The molecule has 1 heterocycles. The zero-order chi connectivity index (χ0) is 17.8. The van der Waals surface area contributed by atoms with Crippen LogP contribution >= 0.6 is 0 Å². The maximum Gasteiger partial charge on any atom is 0.276 e. The number of anilines is 1. The van der Waals surface area contributed by atoms with Crippen LogP contribution in [0.25, 0.3) is 0 Å². The first-order chi connectivity index (χ1) is 12.0. The fourth-order valence-corrected chi connectivity index (χ4v) is 2.48. The van der Waals surface area contributed by atoms with Gasteiger partial charge in [0.05, 0.1) is 0 Å². The third-order valence-corrected chi connectivity index (χ3v) is 4.17. The number of carbonyl (C=O) groups is 1. The Morgan fingerprint density at radius 1 is 1.04 bits per heavy atom. The van der Waals surface area contributed by atoms with Crippen molar-refractivity contribution < 1.29 is 9.53 Å². The van der Waals surface area contributed by atoms with E-state index in [2.05, 4.69) is 10.4 Å². The summed E-state index contributed by atoms with van der Waals surface area (Å²) in [6.07, 6.45) is 1.73. The number of amides is 1. The van der Waals surface area contributed by atoms with E-state index in [-0.39, 0.29) is 12.6 Å². The molecule has 1 aromatic heterocycles. The van der Waals surface area contributed by atoms with E-state index in [9.17, 15) is 4.79 Å². The molecular formula is C20H21N3O2. The molecule has 3 rings (SSSR count). The molecule has 0 bridgehead atoms. The molecule has 0 spiro atoms. The summed E-state index contributed by atoms with van der Waals surface area (Å²) in [4.78, 5) is 12.4. The van der Waals surface area contributed by atoms with Crippen LogP contribution in [0.5, 0.6) is 5.75 Å². The van der Waals surface area contributed by atoms with Gasteiger partial charge in [0.25, 0.3) is 5.91 Å². The number of hydrogen-bond acceptors (Lipinski definition) is 3. The minimum absolute atomic E-state index is 0.233. The van der Waals surface area contributed by atoms with Crippen molar-refractivity contribution in [2.45, 2.75) is 27.5 Å². The van der Waals surface area contributed by atoms with Gasteiger partial charge in [-0.25, -0.2) is 4.68 Å². The summed E-state index contributed by atoms with van der Waals surface area (Å²) < 4.78 is 7.34. The van der Waals surface area contributed by atoms with Gasteiger partial charge in [0.1, 0.15) is 5.75 Å². The smallest absolute Gasteiger partial charge is 0.276 e. The van der Waals surface area contributed by atoms with Gasteiger partial charge in [-0.15, -0.1) is 0 Å². The summed E-state index contributed by atoms with van der Waals surface area (Å²) in [5.41, 5.74) is 4.40. The summed E-state index contributed by atoms with van der Waals surface area (Å²) in [7, 11) is 0. The van der Waals surface area contributed by atoms with Crippen LogP contribution in [0.4, 0.5) is 5.69 Å². The summed E-state index contributed by atoms with van der Waals surface area (Å²) in [5.74, 6) is 0.572. The summed E-state index contributed by atoms with van der Waals surface area (Å²) >= 11 is 0. The molecule has 0 aliphatic rings. The molecule has 5 heteroatoms. The lowest BCUT2D eigenvalue weighted by atomic mass is 10.1.